The molecule has 18 heavy (non-hydrogen) atoms. The minimum atomic E-state index is -1.56. The van der Waals surface area contributed by atoms with Gasteiger partial charge in [0.15, 0.2) is 17.5 Å². The second-order valence-corrected chi connectivity index (χ2v) is 3.87. The average Bonchev–Trinajstić information content (AvgIpc) is 2.35. The Morgan fingerprint density at radius 1 is 1.06 bits per heavy atom. The van der Waals surface area contributed by atoms with Gasteiger partial charge in [-0.25, -0.2) is 18.3 Å². The van der Waals surface area contributed by atoms with Gasteiger partial charge < -0.3 is 0 Å². The number of hydrogen-bond donors (Lipinski definition) is 1. The van der Waals surface area contributed by atoms with Gasteiger partial charge >= 0.3 is 0 Å². The third-order valence-corrected chi connectivity index (χ3v) is 2.82. The second-order valence-electron chi connectivity index (χ2n) is 3.87. The topological polar surface area (TPSA) is 45.8 Å². The molecule has 0 amide bonds. The first-order valence-electron chi connectivity index (χ1n) is 5.13. The summed E-state index contributed by atoms with van der Waals surface area (Å²) in [5.41, 5.74) is 0.265. The van der Waals surface area contributed by atoms with Crippen LogP contribution in [-0.4, -0.2) is 10.2 Å². The Hall–Kier alpha value is -2.11. The number of nitrogens with zero attached hydrogens (tertiary/aromatic N) is 1. The summed E-state index contributed by atoms with van der Waals surface area (Å²) in [7, 11) is 0. The lowest BCUT2D eigenvalue weighted by atomic mass is 10.0. The van der Waals surface area contributed by atoms with Crippen LogP contribution in [0.1, 0.15) is 11.1 Å². The van der Waals surface area contributed by atoms with Crippen LogP contribution in [0, 0.1) is 31.3 Å². The standard InChI is InChI=1S/C12H9F3N2O/c1-5-6(2)12(18)17-16-11(5)7-3-4-8(13)10(15)9(7)14/h3-4H,1-2H3,(H,17,18). The molecule has 0 saturated heterocycles. The Morgan fingerprint density at radius 2 is 1.72 bits per heavy atom. The molecule has 0 aliphatic rings. The van der Waals surface area contributed by atoms with Crippen LogP contribution in [0.2, 0.25) is 0 Å². The van der Waals surface area contributed by atoms with Crippen LogP contribution in [0.25, 0.3) is 11.3 Å². The number of benzene rings is 1. The zero-order valence-electron chi connectivity index (χ0n) is 9.64. The predicted octanol–water partition coefficient (Wildman–Crippen LogP) is 2.47. The molecule has 0 radical (unpaired) electrons. The van der Waals surface area contributed by atoms with Gasteiger partial charge in [-0.15, -0.1) is 0 Å². The molecule has 2 rings (SSSR count). The smallest absolute Gasteiger partial charge is 0.267 e. The van der Waals surface area contributed by atoms with E-state index in [1.54, 1.807) is 6.92 Å². The van der Waals surface area contributed by atoms with Crippen LogP contribution in [0.4, 0.5) is 13.2 Å². The first kappa shape index (κ1) is 12.3. The molecule has 1 aromatic heterocycles. The quantitative estimate of drug-likeness (QED) is 0.794. The van der Waals surface area contributed by atoms with Crippen molar-refractivity contribution in [2.24, 2.45) is 0 Å². The first-order valence-corrected chi connectivity index (χ1v) is 5.13. The monoisotopic (exact) mass is 254 g/mol. The second kappa shape index (κ2) is 4.29. The Balaban J connectivity index is 2.75. The predicted molar refractivity (Wildman–Crippen MR) is 59.6 cm³/mol. The van der Waals surface area contributed by atoms with E-state index in [0.717, 1.165) is 12.1 Å². The van der Waals surface area contributed by atoms with Crippen molar-refractivity contribution < 1.29 is 13.2 Å². The number of rotatable bonds is 1. The van der Waals surface area contributed by atoms with Crippen molar-refractivity contribution in [1.29, 1.82) is 0 Å². The largest absolute Gasteiger partial charge is 0.268 e. The molecule has 1 heterocycles. The van der Waals surface area contributed by atoms with Crippen LogP contribution < -0.4 is 5.56 Å². The summed E-state index contributed by atoms with van der Waals surface area (Å²) in [6.07, 6.45) is 0. The summed E-state index contributed by atoms with van der Waals surface area (Å²) >= 11 is 0. The number of aromatic amines is 1. The van der Waals surface area contributed by atoms with Gasteiger partial charge in [-0.1, -0.05) is 0 Å². The highest BCUT2D eigenvalue weighted by atomic mass is 19.2. The van der Waals surface area contributed by atoms with Gasteiger partial charge in [0, 0.05) is 11.1 Å². The fourth-order valence-electron chi connectivity index (χ4n) is 1.59. The molecule has 0 saturated carbocycles. The highest BCUT2D eigenvalue weighted by molar-refractivity contribution is 5.64. The van der Waals surface area contributed by atoms with Crippen LogP contribution in [0.15, 0.2) is 16.9 Å². The van der Waals surface area contributed by atoms with E-state index < -0.39 is 23.0 Å². The third kappa shape index (κ3) is 1.79. The molecule has 0 aliphatic heterocycles. The Labute approximate surface area is 100 Å². The van der Waals surface area contributed by atoms with Crippen LogP contribution in [-0.2, 0) is 0 Å². The van der Waals surface area contributed by atoms with Crippen LogP contribution in [0.5, 0.6) is 0 Å². The van der Waals surface area contributed by atoms with Gasteiger partial charge in [-0.2, -0.15) is 5.10 Å². The summed E-state index contributed by atoms with van der Waals surface area (Å²) in [6, 6.07) is 1.90. The molecule has 6 heteroatoms. The van der Waals surface area contributed by atoms with Gasteiger partial charge in [0.2, 0.25) is 0 Å². The highest BCUT2D eigenvalue weighted by Gasteiger charge is 2.18. The lowest BCUT2D eigenvalue weighted by Crippen LogP contribution is -2.14. The number of aromatic nitrogens is 2. The lowest BCUT2D eigenvalue weighted by molar-refractivity contribution is 0.448. The van der Waals surface area contributed by atoms with Crippen molar-refractivity contribution in [3.05, 3.63) is 51.1 Å². The van der Waals surface area contributed by atoms with Crippen molar-refractivity contribution in [2.45, 2.75) is 13.8 Å². The van der Waals surface area contributed by atoms with Crippen molar-refractivity contribution in [2.75, 3.05) is 0 Å². The number of H-pyrrole nitrogens is 1. The van der Waals surface area contributed by atoms with E-state index in [-0.39, 0.29) is 11.3 Å². The summed E-state index contributed by atoms with van der Waals surface area (Å²) in [5.74, 6) is -4.15. The van der Waals surface area contributed by atoms with Gasteiger partial charge in [0.05, 0.1) is 5.69 Å². The molecule has 1 aromatic carbocycles. The molecule has 0 fully saturated rings. The Bertz CT molecular complexity index is 680. The highest BCUT2D eigenvalue weighted by Crippen LogP contribution is 2.26. The van der Waals surface area contributed by atoms with E-state index in [1.807, 2.05) is 0 Å². The van der Waals surface area contributed by atoms with E-state index in [4.69, 9.17) is 0 Å². The molecule has 3 nitrogen and oxygen atoms in total. The van der Waals surface area contributed by atoms with Gasteiger partial charge in [0.25, 0.3) is 5.56 Å². The van der Waals surface area contributed by atoms with E-state index >= 15 is 0 Å². The van der Waals surface area contributed by atoms with Crippen molar-refractivity contribution in [3.63, 3.8) is 0 Å². The molecule has 2 aromatic rings. The molecular weight excluding hydrogens is 245 g/mol. The zero-order chi connectivity index (χ0) is 13.4. The maximum atomic E-state index is 13.6. The van der Waals surface area contributed by atoms with Crippen molar-refractivity contribution in [3.8, 4) is 11.3 Å². The molecule has 0 atom stereocenters. The lowest BCUT2D eigenvalue weighted by Gasteiger charge is -2.08. The first-order chi connectivity index (χ1) is 8.43. The van der Waals surface area contributed by atoms with Crippen molar-refractivity contribution >= 4 is 0 Å². The Morgan fingerprint density at radius 3 is 2.39 bits per heavy atom. The fraction of sp³-hybridized carbons (Fsp3) is 0.167. The SMILES string of the molecule is Cc1c(-c2ccc(F)c(F)c2F)n[nH]c(=O)c1C. The van der Waals surface area contributed by atoms with E-state index in [0.29, 0.717) is 11.1 Å². The molecular formula is C12H9F3N2O. The van der Waals surface area contributed by atoms with Crippen LogP contribution >= 0.6 is 0 Å². The molecule has 0 bridgehead atoms. The maximum absolute atomic E-state index is 13.6. The minimum Gasteiger partial charge on any atom is -0.268 e. The summed E-state index contributed by atoms with van der Waals surface area (Å²) in [4.78, 5) is 11.3. The summed E-state index contributed by atoms with van der Waals surface area (Å²) in [6.45, 7) is 3.10. The number of hydrogen-bond acceptors (Lipinski definition) is 2. The summed E-state index contributed by atoms with van der Waals surface area (Å²) in [5, 5.41) is 5.85. The minimum absolute atomic E-state index is 0.0866. The van der Waals surface area contributed by atoms with Gasteiger partial charge in [0.1, 0.15) is 0 Å². The molecule has 0 spiro atoms. The normalized spacial score (nSPS) is 10.7. The molecule has 1 N–H and O–H groups in total. The van der Waals surface area contributed by atoms with Gasteiger partial charge in [-0.05, 0) is 31.5 Å². The molecule has 0 unspecified atom stereocenters. The van der Waals surface area contributed by atoms with Crippen LogP contribution in [0.3, 0.4) is 0 Å². The maximum Gasteiger partial charge on any atom is 0.267 e. The average molecular weight is 254 g/mol. The zero-order valence-corrected chi connectivity index (χ0v) is 9.64. The van der Waals surface area contributed by atoms with Gasteiger partial charge in [-0.3, -0.25) is 4.79 Å². The number of halogens is 3. The number of nitrogens with one attached hydrogen (secondary N) is 1. The third-order valence-electron chi connectivity index (χ3n) is 2.82. The summed E-state index contributed by atoms with van der Waals surface area (Å²) < 4.78 is 39.6. The molecule has 94 valence electrons. The van der Waals surface area contributed by atoms with Crippen molar-refractivity contribution in [1.82, 2.24) is 10.2 Å². The fourth-order valence-corrected chi connectivity index (χ4v) is 1.59. The van der Waals surface area contributed by atoms with E-state index in [2.05, 4.69) is 10.2 Å². The Kier molecular flexibility index (Phi) is 2.94. The van der Waals surface area contributed by atoms with E-state index in [9.17, 15) is 18.0 Å². The van der Waals surface area contributed by atoms with E-state index in [1.165, 1.54) is 6.92 Å². The molecule has 0 aliphatic carbocycles.